The van der Waals surface area contributed by atoms with E-state index < -0.39 is 23.1 Å². The molecular formula is C25H14FNO5. The molecule has 0 saturated heterocycles. The second-order valence-corrected chi connectivity index (χ2v) is 7.08. The molecule has 0 spiro atoms. The third kappa shape index (κ3) is 3.35. The van der Waals surface area contributed by atoms with Crippen LogP contribution in [0.25, 0.3) is 21.9 Å². The number of carbonyl (C=O) groups is 2. The number of anilines is 1. The van der Waals surface area contributed by atoms with E-state index in [1.54, 1.807) is 48.5 Å². The number of furan rings is 1. The highest BCUT2D eigenvalue weighted by Crippen LogP contribution is 2.33. The first kappa shape index (κ1) is 19.4. The Morgan fingerprint density at radius 3 is 2.28 bits per heavy atom. The minimum absolute atomic E-state index is 0.118. The molecule has 5 rings (SSSR count). The smallest absolute Gasteiger partial charge is 0.349 e. The molecule has 0 saturated carbocycles. The average molecular weight is 427 g/mol. The predicted octanol–water partition coefficient (Wildman–Crippen LogP) is 5.16. The van der Waals surface area contributed by atoms with Gasteiger partial charge in [-0.05, 0) is 48.5 Å². The molecule has 6 nitrogen and oxygen atoms in total. The Kier molecular flexibility index (Phi) is 4.63. The monoisotopic (exact) mass is 427 g/mol. The summed E-state index contributed by atoms with van der Waals surface area (Å²) in [7, 11) is 0. The van der Waals surface area contributed by atoms with Gasteiger partial charge in [0.05, 0.1) is 5.69 Å². The van der Waals surface area contributed by atoms with Gasteiger partial charge in [-0.1, -0.05) is 30.3 Å². The summed E-state index contributed by atoms with van der Waals surface area (Å²) in [5, 5.41) is 3.69. The number of ketones is 1. The molecule has 0 unspecified atom stereocenters. The fourth-order valence-electron chi connectivity index (χ4n) is 3.46. The van der Waals surface area contributed by atoms with Crippen LogP contribution < -0.4 is 10.9 Å². The number of hydrogen-bond donors (Lipinski definition) is 1. The Labute approximate surface area is 179 Å². The summed E-state index contributed by atoms with van der Waals surface area (Å²) in [5.74, 6) is -1.90. The van der Waals surface area contributed by atoms with Crippen molar-refractivity contribution in [2.75, 3.05) is 5.32 Å². The molecular weight excluding hydrogens is 413 g/mol. The number of fused-ring (bicyclic) bond motifs is 2. The van der Waals surface area contributed by atoms with Gasteiger partial charge in [-0.25, -0.2) is 9.18 Å². The topological polar surface area (TPSA) is 89.5 Å². The molecule has 0 aliphatic rings. The molecule has 3 aromatic carbocycles. The lowest BCUT2D eigenvalue weighted by molar-refractivity contribution is 0.101. The summed E-state index contributed by atoms with van der Waals surface area (Å²) in [6.07, 6.45) is 0. The van der Waals surface area contributed by atoms with Crippen LogP contribution >= 0.6 is 0 Å². The van der Waals surface area contributed by atoms with Crippen molar-refractivity contribution < 1.29 is 22.8 Å². The molecule has 156 valence electrons. The quantitative estimate of drug-likeness (QED) is 0.316. The van der Waals surface area contributed by atoms with Gasteiger partial charge in [-0.15, -0.1) is 0 Å². The highest BCUT2D eigenvalue weighted by Gasteiger charge is 2.25. The first-order valence-corrected chi connectivity index (χ1v) is 9.67. The number of benzene rings is 3. The lowest BCUT2D eigenvalue weighted by Gasteiger charge is -2.06. The normalized spacial score (nSPS) is 11.0. The standard InChI is InChI=1S/C25H14FNO5/c26-16-11-9-14(10-12-16)22(28)23-21(17-6-2-4-8-20(17)31-23)27-24(29)18-13-15-5-1-3-7-19(15)32-25(18)30/h1-13H,(H,27,29). The molecule has 0 bridgehead atoms. The number of hydrogen-bond acceptors (Lipinski definition) is 5. The lowest BCUT2D eigenvalue weighted by Crippen LogP contribution is -2.21. The lowest BCUT2D eigenvalue weighted by atomic mass is 10.1. The predicted molar refractivity (Wildman–Crippen MR) is 116 cm³/mol. The zero-order valence-corrected chi connectivity index (χ0v) is 16.4. The van der Waals surface area contributed by atoms with Gasteiger partial charge in [0.1, 0.15) is 22.5 Å². The highest BCUT2D eigenvalue weighted by molar-refractivity contribution is 6.19. The van der Waals surface area contributed by atoms with Gasteiger partial charge in [0.15, 0.2) is 5.76 Å². The molecule has 1 N–H and O–H groups in total. The van der Waals surface area contributed by atoms with Gasteiger partial charge < -0.3 is 14.2 Å². The Balaban J connectivity index is 1.59. The first-order chi connectivity index (χ1) is 15.5. The van der Waals surface area contributed by atoms with Crippen LogP contribution in [-0.4, -0.2) is 11.7 Å². The van der Waals surface area contributed by atoms with Crippen molar-refractivity contribution in [1.29, 1.82) is 0 Å². The van der Waals surface area contributed by atoms with Crippen molar-refractivity contribution in [3.05, 3.63) is 112 Å². The van der Waals surface area contributed by atoms with Crippen LogP contribution in [0, 0.1) is 5.82 Å². The first-order valence-electron chi connectivity index (χ1n) is 9.67. The van der Waals surface area contributed by atoms with Crippen molar-refractivity contribution in [2.45, 2.75) is 0 Å². The van der Waals surface area contributed by atoms with Crippen LogP contribution in [-0.2, 0) is 0 Å². The van der Waals surface area contributed by atoms with Crippen LogP contribution in [0.1, 0.15) is 26.5 Å². The third-order valence-electron chi connectivity index (χ3n) is 5.03. The Bertz CT molecular complexity index is 1560. The third-order valence-corrected chi connectivity index (χ3v) is 5.03. The van der Waals surface area contributed by atoms with Gasteiger partial charge in [-0.2, -0.15) is 0 Å². The van der Waals surface area contributed by atoms with E-state index in [2.05, 4.69) is 5.32 Å². The summed E-state index contributed by atoms with van der Waals surface area (Å²) >= 11 is 0. The van der Waals surface area contributed by atoms with E-state index in [0.717, 1.165) is 12.1 Å². The zero-order valence-electron chi connectivity index (χ0n) is 16.4. The summed E-state index contributed by atoms with van der Waals surface area (Å²) in [6.45, 7) is 0. The maximum atomic E-state index is 13.3. The molecule has 32 heavy (non-hydrogen) atoms. The van der Waals surface area contributed by atoms with Crippen molar-refractivity contribution >= 4 is 39.3 Å². The largest absolute Gasteiger partial charge is 0.450 e. The maximum absolute atomic E-state index is 13.3. The van der Waals surface area contributed by atoms with Crippen molar-refractivity contribution in [3.63, 3.8) is 0 Å². The SMILES string of the molecule is O=C(c1ccc(F)cc1)c1oc2ccccc2c1NC(=O)c1cc2ccccc2oc1=O. The van der Waals surface area contributed by atoms with E-state index in [4.69, 9.17) is 8.83 Å². The van der Waals surface area contributed by atoms with Gasteiger partial charge in [-0.3, -0.25) is 9.59 Å². The number of halogens is 1. The Hall–Kier alpha value is -4.52. The number of para-hydroxylation sites is 2. The maximum Gasteiger partial charge on any atom is 0.349 e. The number of rotatable bonds is 4. The summed E-state index contributed by atoms with van der Waals surface area (Å²) < 4.78 is 24.2. The second kappa shape index (κ2) is 7.63. The van der Waals surface area contributed by atoms with Crippen molar-refractivity contribution in [3.8, 4) is 0 Å². The van der Waals surface area contributed by atoms with Crippen molar-refractivity contribution in [1.82, 2.24) is 0 Å². The fourth-order valence-corrected chi connectivity index (χ4v) is 3.46. The van der Waals surface area contributed by atoms with Crippen LogP contribution in [0.3, 0.4) is 0 Å². The summed E-state index contributed by atoms with van der Waals surface area (Å²) in [4.78, 5) is 38.4. The average Bonchev–Trinajstić information content (AvgIpc) is 3.17. The second-order valence-electron chi connectivity index (χ2n) is 7.08. The molecule has 5 aromatic rings. The van der Waals surface area contributed by atoms with Crippen LogP contribution in [0.2, 0.25) is 0 Å². The fraction of sp³-hybridized carbons (Fsp3) is 0. The molecule has 2 aromatic heterocycles. The van der Waals surface area contributed by atoms with Gasteiger partial charge in [0.2, 0.25) is 5.78 Å². The van der Waals surface area contributed by atoms with Crippen molar-refractivity contribution in [2.24, 2.45) is 0 Å². The van der Waals surface area contributed by atoms with E-state index in [1.165, 1.54) is 18.2 Å². The minimum Gasteiger partial charge on any atom is -0.450 e. The molecule has 0 aliphatic carbocycles. The van der Waals surface area contributed by atoms with E-state index in [0.29, 0.717) is 21.9 Å². The van der Waals surface area contributed by atoms with Gasteiger partial charge >= 0.3 is 5.63 Å². The summed E-state index contributed by atoms with van der Waals surface area (Å²) in [6, 6.07) is 20.0. The van der Waals surface area contributed by atoms with Crippen LogP contribution in [0.5, 0.6) is 0 Å². The molecule has 0 radical (unpaired) electrons. The highest BCUT2D eigenvalue weighted by atomic mass is 19.1. The van der Waals surface area contributed by atoms with Crippen LogP contribution in [0.15, 0.2) is 92.5 Å². The molecule has 0 atom stereocenters. The molecule has 7 heteroatoms. The van der Waals surface area contributed by atoms with E-state index in [9.17, 15) is 18.8 Å². The molecule has 0 aliphatic heterocycles. The van der Waals surface area contributed by atoms with E-state index in [-0.39, 0.29) is 22.6 Å². The molecule has 2 heterocycles. The van der Waals surface area contributed by atoms with E-state index in [1.807, 2.05) is 0 Å². The van der Waals surface area contributed by atoms with E-state index >= 15 is 0 Å². The zero-order chi connectivity index (χ0) is 22.2. The van der Waals surface area contributed by atoms with Gasteiger partial charge in [0.25, 0.3) is 5.91 Å². The minimum atomic E-state index is -0.805. The van der Waals surface area contributed by atoms with Crippen LogP contribution in [0.4, 0.5) is 10.1 Å². The van der Waals surface area contributed by atoms with Gasteiger partial charge in [0, 0.05) is 16.3 Å². The Morgan fingerprint density at radius 1 is 0.812 bits per heavy atom. The summed E-state index contributed by atoms with van der Waals surface area (Å²) in [5.41, 5.74) is 0.0158. The number of carbonyl (C=O) groups excluding carboxylic acids is 2. The number of nitrogens with one attached hydrogen (secondary N) is 1. The number of amides is 1. The Morgan fingerprint density at radius 2 is 1.50 bits per heavy atom. The molecule has 1 amide bonds. The molecule has 0 fully saturated rings.